The molecule has 158 valence electrons. The number of aromatic amines is 1. The number of aliphatic hydroxyl groups is 1. The fraction of sp³-hybridized carbons (Fsp3) is 0.400. The van der Waals surface area contributed by atoms with Crippen molar-refractivity contribution < 1.29 is 23.7 Å². The Bertz CT molecular complexity index is 1100. The van der Waals surface area contributed by atoms with E-state index < -0.39 is 11.9 Å². The lowest BCUT2D eigenvalue weighted by Crippen LogP contribution is -2.34. The van der Waals surface area contributed by atoms with Gasteiger partial charge in [-0.1, -0.05) is 35.3 Å². The molecule has 2 aliphatic heterocycles. The van der Waals surface area contributed by atoms with Crippen molar-refractivity contribution in [2.45, 2.75) is 37.3 Å². The van der Waals surface area contributed by atoms with Crippen molar-refractivity contribution in [1.82, 2.24) is 15.0 Å². The van der Waals surface area contributed by atoms with Crippen LogP contribution in [0.2, 0.25) is 10.0 Å². The predicted octanol–water partition coefficient (Wildman–Crippen LogP) is 3.09. The Kier molecular flexibility index (Phi) is 5.28. The van der Waals surface area contributed by atoms with Gasteiger partial charge in [-0.05, 0) is 30.5 Å². The third-order valence-electron chi connectivity index (χ3n) is 5.39. The molecule has 10 heteroatoms. The van der Waals surface area contributed by atoms with Gasteiger partial charge in [0.1, 0.15) is 24.1 Å². The summed E-state index contributed by atoms with van der Waals surface area (Å²) in [5, 5.41) is 10.4. The normalized spacial score (nSPS) is 25.7. The van der Waals surface area contributed by atoms with Crippen LogP contribution in [-0.4, -0.2) is 57.7 Å². The Morgan fingerprint density at radius 2 is 1.97 bits per heavy atom. The van der Waals surface area contributed by atoms with Crippen molar-refractivity contribution in [1.29, 1.82) is 0 Å². The van der Waals surface area contributed by atoms with Crippen LogP contribution in [-0.2, 0) is 22.3 Å². The highest BCUT2D eigenvalue weighted by molar-refractivity contribution is 6.31. The molecule has 5 rings (SSSR count). The minimum atomic E-state index is -0.647. The molecular formula is C20H18Cl2FN3O4. The quantitative estimate of drug-likeness (QED) is 0.616. The van der Waals surface area contributed by atoms with E-state index in [-0.39, 0.29) is 36.0 Å². The maximum absolute atomic E-state index is 14.1. The summed E-state index contributed by atoms with van der Waals surface area (Å²) in [6.07, 6.45) is -0.917. The molecule has 30 heavy (non-hydrogen) atoms. The number of fused-ring (bicyclic) bond motifs is 2. The summed E-state index contributed by atoms with van der Waals surface area (Å²) < 4.78 is 31.1. The second kappa shape index (κ2) is 7.94. The molecule has 4 heterocycles. The van der Waals surface area contributed by atoms with Gasteiger partial charge in [-0.2, -0.15) is 4.98 Å². The SMILES string of the molecule is O[C@@H]1CO[C@H]2[C@@H]1OC[C@H]2Oc1nc2nc(CCc3cccc(Cl)c3F)c(Cl)cc2[nH]1. The number of H-pyrrole nitrogens is 1. The van der Waals surface area contributed by atoms with Gasteiger partial charge in [-0.3, -0.25) is 0 Å². The number of aryl methyl sites for hydroxylation is 2. The molecule has 7 nitrogen and oxygen atoms in total. The lowest BCUT2D eigenvalue weighted by molar-refractivity contribution is 0.00706. The first kappa shape index (κ1) is 20.0. The summed E-state index contributed by atoms with van der Waals surface area (Å²) in [5.41, 5.74) is 2.17. The number of benzene rings is 1. The second-order valence-electron chi connectivity index (χ2n) is 7.36. The van der Waals surface area contributed by atoms with Crippen LogP contribution in [0.25, 0.3) is 11.2 Å². The summed E-state index contributed by atoms with van der Waals surface area (Å²) >= 11 is 12.2. The fourth-order valence-electron chi connectivity index (χ4n) is 3.85. The zero-order valence-electron chi connectivity index (χ0n) is 15.6. The van der Waals surface area contributed by atoms with Crippen LogP contribution in [0.4, 0.5) is 4.39 Å². The molecule has 0 spiro atoms. The number of aliphatic hydroxyl groups excluding tert-OH is 1. The van der Waals surface area contributed by atoms with E-state index in [0.717, 1.165) is 0 Å². The van der Waals surface area contributed by atoms with E-state index in [1.54, 1.807) is 18.2 Å². The lowest BCUT2D eigenvalue weighted by atomic mass is 10.1. The predicted molar refractivity (Wildman–Crippen MR) is 108 cm³/mol. The van der Waals surface area contributed by atoms with Gasteiger partial charge in [0.2, 0.25) is 0 Å². The Labute approximate surface area is 181 Å². The highest BCUT2D eigenvalue weighted by Gasteiger charge is 2.48. The Morgan fingerprint density at radius 3 is 2.83 bits per heavy atom. The van der Waals surface area contributed by atoms with Crippen LogP contribution in [0, 0.1) is 5.82 Å². The molecule has 2 aromatic heterocycles. The minimum absolute atomic E-state index is 0.0907. The topological polar surface area (TPSA) is 89.5 Å². The third kappa shape index (κ3) is 3.63. The van der Waals surface area contributed by atoms with Gasteiger partial charge in [0, 0.05) is 0 Å². The van der Waals surface area contributed by atoms with Gasteiger partial charge in [0.15, 0.2) is 11.8 Å². The number of nitrogens with one attached hydrogen (secondary N) is 1. The second-order valence-corrected chi connectivity index (χ2v) is 8.18. The van der Waals surface area contributed by atoms with E-state index in [9.17, 15) is 9.50 Å². The lowest BCUT2D eigenvalue weighted by Gasteiger charge is -2.15. The number of rotatable bonds is 5. The molecule has 2 aliphatic rings. The molecule has 0 amide bonds. The Hall–Kier alpha value is -1.97. The number of ether oxygens (including phenoxy) is 3. The first-order chi connectivity index (χ1) is 14.5. The molecule has 4 atom stereocenters. The summed E-state index contributed by atoms with van der Waals surface area (Å²) in [6, 6.07) is 6.90. The van der Waals surface area contributed by atoms with Gasteiger partial charge >= 0.3 is 0 Å². The van der Waals surface area contributed by atoms with E-state index in [0.29, 0.717) is 46.9 Å². The number of aromatic nitrogens is 3. The molecule has 0 bridgehead atoms. The molecule has 0 aliphatic carbocycles. The largest absolute Gasteiger partial charge is 0.456 e. The standard InChI is InChI=1S/C20H18Cl2FN3O4/c21-10-3-1-2-9(16(10)23)4-5-12-11(22)6-13-19(24-12)26-20(25-13)30-15-8-29-17-14(27)7-28-18(15)17/h1-3,6,14-15,17-18,27H,4-5,7-8H2,(H,24,25,26)/t14-,15-,17-,18-/m1/s1. The zero-order valence-corrected chi connectivity index (χ0v) is 17.2. The van der Waals surface area contributed by atoms with Crippen LogP contribution >= 0.6 is 23.2 Å². The molecule has 1 aromatic carbocycles. The summed E-state index contributed by atoms with van der Waals surface area (Å²) in [6.45, 7) is 0.525. The van der Waals surface area contributed by atoms with Crippen molar-refractivity contribution in [3.8, 4) is 6.01 Å². The Morgan fingerprint density at radius 1 is 1.13 bits per heavy atom. The van der Waals surface area contributed by atoms with Crippen molar-refractivity contribution in [2.75, 3.05) is 13.2 Å². The van der Waals surface area contributed by atoms with Gasteiger partial charge in [-0.25, -0.2) is 9.37 Å². The van der Waals surface area contributed by atoms with Gasteiger partial charge < -0.3 is 24.3 Å². The Balaban J connectivity index is 1.32. The maximum atomic E-state index is 14.1. The van der Waals surface area contributed by atoms with E-state index in [4.69, 9.17) is 37.4 Å². The minimum Gasteiger partial charge on any atom is -0.456 e. The van der Waals surface area contributed by atoms with Gasteiger partial charge in [-0.15, -0.1) is 0 Å². The molecule has 0 unspecified atom stereocenters. The average Bonchev–Trinajstić information content (AvgIpc) is 3.40. The fourth-order valence-corrected chi connectivity index (χ4v) is 4.29. The third-order valence-corrected chi connectivity index (χ3v) is 6.00. The number of imidazole rings is 1. The first-order valence-corrected chi connectivity index (χ1v) is 10.3. The molecular weight excluding hydrogens is 436 g/mol. The zero-order chi connectivity index (χ0) is 20.8. The van der Waals surface area contributed by atoms with E-state index in [1.807, 2.05) is 0 Å². The number of nitrogens with zero attached hydrogens (tertiary/aromatic N) is 2. The van der Waals surface area contributed by atoms with Crippen molar-refractivity contribution >= 4 is 34.4 Å². The van der Waals surface area contributed by atoms with E-state index >= 15 is 0 Å². The molecule has 2 saturated heterocycles. The van der Waals surface area contributed by atoms with Crippen molar-refractivity contribution in [3.05, 3.63) is 51.4 Å². The number of hydrogen-bond acceptors (Lipinski definition) is 6. The van der Waals surface area contributed by atoms with Gasteiger partial charge in [0.25, 0.3) is 6.01 Å². The van der Waals surface area contributed by atoms with Crippen molar-refractivity contribution in [2.24, 2.45) is 0 Å². The van der Waals surface area contributed by atoms with Gasteiger partial charge in [0.05, 0.1) is 34.5 Å². The van der Waals surface area contributed by atoms with Crippen LogP contribution in [0.1, 0.15) is 11.3 Å². The average molecular weight is 454 g/mol. The smallest absolute Gasteiger partial charge is 0.296 e. The molecule has 0 saturated carbocycles. The number of hydrogen-bond donors (Lipinski definition) is 2. The first-order valence-electron chi connectivity index (χ1n) is 9.55. The number of halogens is 3. The summed E-state index contributed by atoms with van der Waals surface area (Å²) in [4.78, 5) is 11.9. The highest BCUT2D eigenvalue weighted by Crippen LogP contribution is 2.30. The summed E-state index contributed by atoms with van der Waals surface area (Å²) in [5.74, 6) is -0.428. The van der Waals surface area contributed by atoms with Crippen LogP contribution < -0.4 is 4.74 Å². The highest BCUT2D eigenvalue weighted by atomic mass is 35.5. The monoisotopic (exact) mass is 453 g/mol. The number of pyridine rings is 1. The molecule has 0 radical (unpaired) electrons. The summed E-state index contributed by atoms with van der Waals surface area (Å²) in [7, 11) is 0. The van der Waals surface area contributed by atoms with E-state index in [2.05, 4.69) is 15.0 Å². The molecule has 2 fully saturated rings. The van der Waals surface area contributed by atoms with Crippen molar-refractivity contribution in [3.63, 3.8) is 0 Å². The van der Waals surface area contributed by atoms with Crippen LogP contribution in [0.5, 0.6) is 6.01 Å². The molecule has 3 aromatic rings. The van der Waals surface area contributed by atoms with Crippen LogP contribution in [0.3, 0.4) is 0 Å². The van der Waals surface area contributed by atoms with E-state index in [1.165, 1.54) is 6.07 Å². The maximum Gasteiger partial charge on any atom is 0.296 e. The van der Waals surface area contributed by atoms with Crippen LogP contribution in [0.15, 0.2) is 24.3 Å². The molecule has 2 N–H and O–H groups in total.